The van der Waals surface area contributed by atoms with Crippen LogP contribution in [0.15, 0.2) is 60.7 Å². The number of amides is 1. The summed E-state index contributed by atoms with van der Waals surface area (Å²) in [5.41, 5.74) is 5.55. The second-order valence-corrected chi connectivity index (χ2v) is 9.30. The van der Waals surface area contributed by atoms with Crippen molar-refractivity contribution < 1.29 is 19.1 Å². The molecular weight excluding hydrogens is 438 g/mol. The van der Waals surface area contributed by atoms with Gasteiger partial charge in [0.2, 0.25) is 6.79 Å². The van der Waals surface area contributed by atoms with Gasteiger partial charge in [-0.25, -0.2) is 0 Å². The molecule has 1 saturated carbocycles. The van der Waals surface area contributed by atoms with E-state index in [1.165, 1.54) is 0 Å². The number of ketones is 1. The van der Waals surface area contributed by atoms with Gasteiger partial charge in [0.15, 0.2) is 11.5 Å². The fraction of sp³-hybridized carbons (Fsp3) is 0.333. The molecule has 1 heterocycles. The van der Waals surface area contributed by atoms with Crippen LogP contribution in [0.25, 0.3) is 11.1 Å². The Balaban J connectivity index is 0.00000289. The van der Waals surface area contributed by atoms with Crippen molar-refractivity contribution in [3.63, 3.8) is 0 Å². The minimum absolute atomic E-state index is 0. The van der Waals surface area contributed by atoms with Gasteiger partial charge in [0.25, 0.3) is 5.91 Å². The van der Waals surface area contributed by atoms with Gasteiger partial charge in [0.05, 0.1) is 5.41 Å². The average Bonchev–Trinajstić information content (AvgIpc) is 3.55. The molecule has 3 aromatic carbocycles. The van der Waals surface area contributed by atoms with E-state index in [0.29, 0.717) is 18.5 Å². The summed E-state index contributed by atoms with van der Waals surface area (Å²) in [6.45, 7) is 4.93. The third-order valence-corrected chi connectivity index (χ3v) is 7.14. The lowest BCUT2D eigenvalue weighted by atomic mass is 9.87. The van der Waals surface area contributed by atoms with Gasteiger partial charge in [-0.15, -0.1) is 0 Å². The Labute approximate surface area is 207 Å². The first kappa shape index (κ1) is 24.5. The number of hydrogen-bond acceptors (Lipinski definition) is 4. The first-order valence-electron chi connectivity index (χ1n) is 11.8. The Kier molecular flexibility index (Phi) is 6.70. The summed E-state index contributed by atoms with van der Waals surface area (Å²) in [5, 5.41) is 0. The SMILES string of the molecule is C.CCN(C)C(=O)c1ccc(-c2cc(CC(=O)C3(c4ccc5c(c4)OCO5)CC3)ccc2C)cc1. The van der Waals surface area contributed by atoms with Gasteiger partial charge >= 0.3 is 0 Å². The zero-order chi connectivity index (χ0) is 23.9. The third kappa shape index (κ3) is 4.55. The Morgan fingerprint density at radius 3 is 2.34 bits per heavy atom. The number of aryl methyl sites for hydroxylation is 1. The van der Waals surface area contributed by atoms with Gasteiger partial charge in [-0.1, -0.05) is 43.8 Å². The van der Waals surface area contributed by atoms with Gasteiger partial charge < -0.3 is 14.4 Å². The summed E-state index contributed by atoms with van der Waals surface area (Å²) in [4.78, 5) is 27.5. The van der Waals surface area contributed by atoms with E-state index in [-0.39, 0.29) is 25.9 Å². The van der Waals surface area contributed by atoms with Crippen molar-refractivity contribution in [2.45, 2.75) is 46.0 Å². The highest BCUT2D eigenvalue weighted by Gasteiger charge is 2.50. The van der Waals surface area contributed by atoms with Gasteiger partial charge in [-0.2, -0.15) is 0 Å². The molecule has 1 aliphatic heterocycles. The van der Waals surface area contributed by atoms with Crippen LogP contribution in [0.2, 0.25) is 0 Å². The second-order valence-electron chi connectivity index (χ2n) is 9.30. The van der Waals surface area contributed by atoms with E-state index in [2.05, 4.69) is 19.1 Å². The quantitative estimate of drug-likeness (QED) is 0.427. The summed E-state index contributed by atoms with van der Waals surface area (Å²) in [6.07, 6.45) is 2.12. The molecule has 3 aromatic rings. The van der Waals surface area contributed by atoms with Crippen LogP contribution in [-0.2, 0) is 16.6 Å². The minimum Gasteiger partial charge on any atom is -0.454 e. The van der Waals surface area contributed by atoms with Crippen LogP contribution in [0.5, 0.6) is 11.5 Å². The molecule has 1 amide bonds. The molecule has 0 N–H and O–H groups in total. The third-order valence-electron chi connectivity index (χ3n) is 7.14. The number of benzene rings is 3. The van der Waals surface area contributed by atoms with Gasteiger partial charge in [0, 0.05) is 25.6 Å². The number of rotatable bonds is 7. The predicted molar refractivity (Wildman–Crippen MR) is 138 cm³/mol. The smallest absolute Gasteiger partial charge is 0.253 e. The van der Waals surface area contributed by atoms with Crippen molar-refractivity contribution in [1.82, 2.24) is 4.90 Å². The molecule has 1 fully saturated rings. The lowest BCUT2D eigenvalue weighted by Crippen LogP contribution is -2.26. The average molecular weight is 472 g/mol. The Morgan fingerprint density at radius 1 is 0.943 bits per heavy atom. The fourth-order valence-electron chi connectivity index (χ4n) is 4.65. The van der Waals surface area contributed by atoms with Gasteiger partial charge in [-0.05, 0) is 78.8 Å². The normalized spacial score (nSPS) is 14.7. The number of carbonyl (C=O) groups is 2. The summed E-state index contributed by atoms with van der Waals surface area (Å²) < 4.78 is 10.9. The number of ether oxygens (including phenoxy) is 2. The summed E-state index contributed by atoms with van der Waals surface area (Å²) >= 11 is 0. The highest BCUT2D eigenvalue weighted by Crippen LogP contribution is 2.51. The van der Waals surface area contributed by atoms with Crippen LogP contribution in [0.1, 0.15) is 54.2 Å². The first-order chi connectivity index (χ1) is 16.4. The highest BCUT2D eigenvalue weighted by atomic mass is 16.7. The van der Waals surface area contributed by atoms with E-state index in [9.17, 15) is 9.59 Å². The molecule has 182 valence electrons. The number of hydrogen-bond donors (Lipinski definition) is 0. The molecule has 1 aliphatic carbocycles. The fourth-order valence-corrected chi connectivity index (χ4v) is 4.65. The first-order valence-corrected chi connectivity index (χ1v) is 11.8. The maximum Gasteiger partial charge on any atom is 0.253 e. The molecule has 0 aromatic heterocycles. The molecule has 35 heavy (non-hydrogen) atoms. The molecule has 2 aliphatic rings. The molecule has 0 unspecified atom stereocenters. The summed E-state index contributed by atoms with van der Waals surface area (Å²) in [7, 11) is 1.80. The summed E-state index contributed by atoms with van der Waals surface area (Å²) in [6, 6.07) is 19.8. The molecule has 0 spiro atoms. The number of fused-ring (bicyclic) bond motifs is 1. The number of carbonyl (C=O) groups excluding carboxylic acids is 2. The van der Waals surface area contributed by atoms with Crippen molar-refractivity contribution in [1.29, 1.82) is 0 Å². The van der Waals surface area contributed by atoms with Crippen molar-refractivity contribution >= 4 is 11.7 Å². The van der Waals surface area contributed by atoms with Crippen LogP contribution in [-0.4, -0.2) is 37.0 Å². The minimum atomic E-state index is -0.417. The molecule has 0 saturated heterocycles. The molecule has 5 rings (SSSR count). The Bertz CT molecular complexity index is 1260. The van der Waals surface area contributed by atoms with Crippen LogP contribution in [0.3, 0.4) is 0 Å². The molecule has 0 bridgehead atoms. The van der Waals surface area contributed by atoms with Crippen LogP contribution >= 0.6 is 0 Å². The van der Waals surface area contributed by atoms with Crippen molar-refractivity contribution in [3.8, 4) is 22.6 Å². The molecular formula is C30H33NO4. The Morgan fingerprint density at radius 2 is 1.66 bits per heavy atom. The maximum atomic E-state index is 13.4. The highest BCUT2D eigenvalue weighted by molar-refractivity contribution is 5.95. The number of Topliss-reactive ketones (excluding diaryl/α,β-unsaturated/α-hetero) is 1. The van der Waals surface area contributed by atoms with Crippen molar-refractivity contribution in [2.75, 3.05) is 20.4 Å². The zero-order valence-corrected chi connectivity index (χ0v) is 19.9. The molecule has 0 radical (unpaired) electrons. The van der Waals surface area contributed by atoms with Crippen LogP contribution in [0.4, 0.5) is 0 Å². The van der Waals surface area contributed by atoms with E-state index in [4.69, 9.17) is 9.47 Å². The van der Waals surface area contributed by atoms with Crippen LogP contribution in [0, 0.1) is 6.92 Å². The lowest BCUT2D eigenvalue weighted by Gasteiger charge is -2.17. The van der Waals surface area contributed by atoms with Crippen molar-refractivity contribution in [2.24, 2.45) is 0 Å². The van der Waals surface area contributed by atoms with E-state index in [1.54, 1.807) is 11.9 Å². The van der Waals surface area contributed by atoms with Gasteiger partial charge in [-0.3, -0.25) is 9.59 Å². The Hall–Kier alpha value is -3.60. The monoisotopic (exact) mass is 471 g/mol. The topological polar surface area (TPSA) is 55.8 Å². The van der Waals surface area contributed by atoms with E-state index >= 15 is 0 Å². The molecule has 0 atom stereocenters. The van der Waals surface area contributed by atoms with Crippen molar-refractivity contribution in [3.05, 3.63) is 82.9 Å². The predicted octanol–water partition coefficient (Wildman–Crippen LogP) is 5.96. The summed E-state index contributed by atoms with van der Waals surface area (Å²) in [5.74, 6) is 1.72. The standard InChI is InChI=1S/C29H29NO4.CH4/c1-4-30(3)28(32)22-9-7-21(8-10-22)24-15-20(6-5-19(24)2)16-27(31)29(13-14-29)23-11-12-25-26(17-23)34-18-33-25;/h5-12,15,17H,4,13-14,16,18H2,1-3H3;1H4. The zero-order valence-electron chi connectivity index (χ0n) is 19.9. The molecule has 5 heteroatoms. The largest absolute Gasteiger partial charge is 0.454 e. The maximum absolute atomic E-state index is 13.4. The van der Waals surface area contributed by atoms with E-state index in [1.807, 2.05) is 55.5 Å². The van der Waals surface area contributed by atoms with E-state index in [0.717, 1.165) is 52.2 Å². The molecule has 5 nitrogen and oxygen atoms in total. The van der Waals surface area contributed by atoms with Gasteiger partial charge in [0.1, 0.15) is 5.78 Å². The lowest BCUT2D eigenvalue weighted by molar-refractivity contribution is -0.120. The van der Waals surface area contributed by atoms with E-state index < -0.39 is 5.41 Å². The number of nitrogens with zero attached hydrogens (tertiary/aromatic N) is 1. The second kappa shape index (κ2) is 9.57. The van der Waals surface area contributed by atoms with Crippen LogP contribution < -0.4 is 9.47 Å².